The fourth-order valence-corrected chi connectivity index (χ4v) is 3.06. The van der Waals surface area contributed by atoms with Crippen LogP contribution in [0, 0.1) is 11.3 Å². The van der Waals surface area contributed by atoms with Gasteiger partial charge in [0.25, 0.3) is 0 Å². The van der Waals surface area contributed by atoms with Crippen molar-refractivity contribution in [2.45, 2.75) is 50.0 Å². The minimum Gasteiger partial charge on any atom is -0.300 e. The van der Waals surface area contributed by atoms with E-state index in [0.29, 0.717) is 0 Å². The molecule has 1 N–H and O–H groups in total. The van der Waals surface area contributed by atoms with Gasteiger partial charge in [-0.3, -0.25) is 5.32 Å². The van der Waals surface area contributed by atoms with Gasteiger partial charge in [0, 0.05) is 9.37 Å². The molecule has 0 heterocycles. The summed E-state index contributed by atoms with van der Waals surface area (Å²) in [6.07, 6.45) is 4.22. The molecule has 0 radical (unpaired) electrons. The maximum atomic E-state index is 9.25. The van der Waals surface area contributed by atoms with Crippen LogP contribution in [-0.4, -0.2) is 17.8 Å². The van der Waals surface area contributed by atoms with E-state index in [2.05, 4.69) is 58.5 Å². The summed E-state index contributed by atoms with van der Waals surface area (Å²) >= 11 is 5.32. The summed E-state index contributed by atoms with van der Waals surface area (Å²) in [4.78, 5) is 1.31. The second-order valence-electron chi connectivity index (χ2n) is 5.13. The van der Waals surface area contributed by atoms with Crippen molar-refractivity contribution in [2.75, 3.05) is 12.3 Å². The van der Waals surface area contributed by atoms with Crippen LogP contribution in [0.15, 0.2) is 33.6 Å². The van der Waals surface area contributed by atoms with Crippen molar-refractivity contribution in [1.29, 1.82) is 5.26 Å². The van der Waals surface area contributed by atoms with Gasteiger partial charge >= 0.3 is 0 Å². The van der Waals surface area contributed by atoms with Crippen molar-refractivity contribution in [3.05, 3.63) is 28.7 Å². The summed E-state index contributed by atoms with van der Waals surface area (Å²) in [6, 6.07) is 10.8. The summed E-state index contributed by atoms with van der Waals surface area (Å²) in [5, 5.41) is 12.6. The van der Waals surface area contributed by atoms with Crippen molar-refractivity contribution in [3.63, 3.8) is 0 Å². The highest BCUT2D eigenvalue weighted by Gasteiger charge is 2.21. The Kier molecular flexibility index (Phi) is 8.28. The normalized spacial score (nSPS) is 13.7. The van der Waals surface area contributed by atoms with Gasteiger partial charge in [-0.25, -0.2) is 0 Å². The second kappa shape index (κ2) is 9.44. The molecule has 1 aromatic carbocycles. The molecule has 0 fully saturated rings. The Labute approximate surface area is 135 Å². The van der Waals surface area contributed by atoms with Crippen LogP contribution < -0.4 is 5.32 Å². The summed E-state index contributed by atoms with van der Waals surface area (Å²) in [5.74, 6) is 1.11. The number of benzene rings is 1. The largest absolute Gasteiger partial charge is 0.300 e. The number of hydrogen-bond donors (Lipinski definition) is 1. The number of nitriles is 1. The van der Waals surface area contributed by atoms with E-state index >= 15 is 0 Å². The van der Waals surface area contributed by atoms with Crippen LogP contribution in [-0.2, 0) is 0 Å². The molecule has 2 nitrogen and oxygen atoms in total. The van der Waals surface area contributed by atoms with Gasteiger partial charge in [0.05, 0.1) is 6.07 Å². The van der Waals surface area contributed by atoms with E-state index in [-0.39, 0.29) is 5.54 Å². The van der Waals surface area contributed by atoms with Crippen LogP contribution in [0.2, 0.25) is 0 Å². The Bertz CT molecular complexity index is 427. The topological polar surface area (TPSA) is 35.8 Å². The summed E-state index contributed by atoms with van der Waals surface area (Å²) in [5.41, 5.74) is -0.363. The maximum absolute atomic E-state index is 9.25. The van der Waals surface area contributed by atoms with Gasteiger partial charge in [0.15, 0.2) is 0 Å². The van der Waals surface area contributed by atoms with E-state index in [4.69, 9.17) is 0 Å². The van der Waals surface area contributed by atoms with Gasteiger partial charge in [-0.05, 0) is 69.2 Å². The van der Waals surface area contributed by atoms with Gasteiger partial charge in [-0.15, -0.1) is 11.8 Å². The van der Waals surface area contributed by atoms with Crippen molar-refractivity contribution < 1.29 is 0 Å². The van der Waals surface area contributed by atoms with Crippen molar-refractivity contribution in [1.82, 2.24) is 5.32 Å². The molecular formula is C16H23BrN2S. The number of unbranched alkanes of at least 4 members (excludes halogenated alkanes) is 1. The molecule has 1 rings (SSSR count). The monoisotopic (exact) mass is 354 g/mol. The lowest BCUT2D eigenvalue weighted by molar-refractivity contribution is 0.406. The average Bonchev–Trinajstić information content (AvgIpc) is 2.47. The Hall–Kier alpha value is -0.500. The molecule has 1 aromatic rings. The lowest BCUT2D eigenvalue weighted by Crippen LogP contribution is -2.41. The predicted molar refractivity (Wildman–Crippen MR) is 91.0 cm³/mol. The first kappa shape index (κ1) is 17.6. The highest BCUT2D eigenvalue weighted by atomic mass is 79.9. The minimum absolute atomic E-state index is 0.363. The zero-order chi connectivity index (χ0) is 14.8. The molecule has 0 spiro atoms. The summed E-state index contributed by atoms with van der Waals surface area (Å²) < 4.78 is 1.12. The molecule has 0 saturated carbocycles. The fraction of sp³-hybridized carbons (Fsp3) is 0.562. The zero-order valence-electron chi connectivity index (χ0n) is 12.3. The van der Waals surface area contributed by atoms with Crippen LogP contribution in [0.5, 0.6) is 0 Å². The molecular weight excluding hydrogens is 332 g/mol. The van der Waals surface area contributed by atoms with Crippen LogP contribution in [0.25, 0.3) is 0 Å². The average molecular weight is 355 g/mol. The van der Waals surface area contributed by atoms with Gasteiger partial charge < -0.3 is 0 Å². The van der Waals surface area contributed by atoms with Crippen molar-refractivity contribution >= 4 is 27.7 Å². The molecule has 0 aliphatic rings. The number of rotatable bonds is 9. The smallest absolute Gasteiger partial charge is 0.103 e. The molecule has 0 aromatic heterocycles. The van der Waals surface area contributed by atoms with Gasteiger partial charge in [-0.2, -0.15) is 5.26 Å². The van der Waals surface area contributed by atoms with Crippen LogP contribution in [0.1, 0.15) is 39.5 Å². The molecule has 0 aliphatic carbocycles. The number of thioether (sulfide) groups is 1. The molecule has 0 amide bonds. The first-order chi connectivity index (χ1) is 9.59. The van der Waals surface area contributed by atoms with Gasteiger partial charge in [0.1, 0.15) is 5.54 Å². The van der Waals surface area contributed by atoms with Crippen LogP contribution in [0.3, 0.4) is 0 Å². The number of nitrogens with one attached hydrogen (secondary N) is 1. The van der Waals surface area contributed by atoms with Gasteiger partial charge in [0.2, 0.25) is 0 Å². The van der Waals surface area contributed by atoms with E-state index < -0.39 is 0 Å². The fourth-order valence-electron chi connectivity index (χ4n) is 1.89. The Morgan fingerprint density at radius 2 is 2.00 bits per heavy atom. The lowest BCUT2D eigenvalue weighted by atomic mass is 9.96. The molecule has 1 unspecified atom stereocenters. The van der Waals surface area contributed by atoms with Crippen molar-refractivity contribution in [3.8, 4) is 6.07 Å². The Morgan fingerprint density at radius 3 is 2.60 bits per heavy atom. The third kappa shape index (κ3) is 6.78. The number of halogens is 1. The SMILES string of the molecule is CCCNC(C)(C#N)CCCCSc1ccc(Br)cc1. The molecule has 110 valence electrons. The van der Waals surface area contributed by atoms with E-state index in [1.807, 2.05) is 18.7 Å². The minimum atomic E-state index is -0.363. The molecule has 0 aliphatic heterocycles. The zero-order valence-corrected chi connectivity index (χ0v) is 14.7. The van der Waals surface area contributed by atoms with Gasteiger partial charge in [-0.1, -0.05) is 22.9 Å². The predicted octanol–water partition coefficient (Wildman–Crippen LogP) is 4.99. The second-order valence-corrected chi connectivity index (χ2v) is 7.21. The van der Waals surface area contributed by atoms with E-state index in [9.17, 15) is 5.26 Å². The Balaban J connectivity index is 2.21. The first-order valence-corrected chi connectivity index (χ1v) is 8.92. The van der Waals surface area contributed by atoms with Crippen molar-refractivity contribution in [2.24, 2.45) is 0 Å². The van der Waals surface area contributed by atoms with E-state index in [1.165, 1.54) is 4.90 Å². The van der Waals surface area contributed by atoms with Crippen LogP contribution in [0.4, 0.5) is 0 Å². The molecule has 0 bridgehead atoms. The maximum Gasteiger partial charge on any atom is 0.103 e. The highest BCUT2D eigenvalue weighted by molar-refractivity contribution is 9.10. The molecule has 1 atom stereocenters. The number of hydrogen-bond acceptors (Lipinski definition) is 3. The first-order valence-electron chi connectivity index (χ1n) is 7.14. The summed E-state index contributed by atoms with van der Waals surface area (Å²) in [7, 11) is 0. The molecule has 4 heteroatoms. The summed E-state index contributed by atoms with van der Waals surface area (Å²) in [6.45, 7) is 5.04. The lowest BCUT2D eigenvalue weighted by Gasteiger charge is -2.22. The highest BCUT2D eigenvalue weighted by Crippen LogP contribution is 2.22. The molecule has 20 heavy (non-hydrogen) atoms. The standard InChI is InChI=1S/C16H23BrN2S/c1-3-11-19-16(2,13-18)10-4-5-12-20-15-8-6-14(17)7-9-15/h6-9,19H,3-5,10-12H2,1-2H3. The third-order valence-electron chi connectivity index (χ3n) is 3.17. The van der Waals surface area contributed by atoms with E-state index in [1.54, 1.807) is 0 Å². The quantitative estimate of drug-likeness (QED) is 0.501. The van der Waals surface area contributed by atoms with E-state index in [0.717, 1.165) is 42.5 Å². The van der Waals surface area contributed by atoms with Crippen LogP contribution >= 0.6 is 27.7 Å². The third-order valence-corrected chi connectivity index (χ3v) is 4.79. The number of nitrogens with zero attached hydrogens (tertiary/aromatic N) is 1. The Morgan fingerprint density at radius 1 is 1.30 bits per heavy atom. The molecule has 0 saturated heterocycles.